The predicted molar refractivity (Wildman–Crippen MR) is 73.7 cm³/mol. The molecular formula is C15H28N2O. The Morgan fingerprint density at radius 3 is 2.67 bits per heavy atom. The van der Waals surface area contributed by atoms with Crippen molar-refractivity contribution in [2.75, 3.05) is 26.3 Å². The molecule has 0 spiro atoms. The van der Waals surface area contributed by atoms with Crippen LogP contribution in [0, 0.1) is 11.8 Å². The van der Waals surface area contributed by atoms with Crippen LogP contribution >= 0.6 is 0 Å². The lowest BCUT2D eigenvalue weighted by Gasteiger charge is -2.47. The van der Waals surface area contributed by atoms with E-state index in [1.54, 1.807) is 0 Å². The molecular weight excluding hydrogens is 224 g/mol. The van der Waals surface area contributed by atoms with E-state index in [9.17, 15) is 0 Å². The van der Waals surface area contributed by atoms with Crippen molar-refractivity contribution in [3.05, 3.63) is 0 Å². The maximum absolute atomic E-state index is 5.71. The first-order valence-corrected chi connectivity index (χ1v) is 7.82. The molecule has 1 N–H and O–H groups in total. The Labute approximate surface area is 111 Å². The molecule has 3 nitrogen and oxygen atoms in total. The molecule has 104 valence electrons. The summed E-state index contributed by atoms with van der Waals surface area (Å²) in [6.45, 7) is 9.08. The Morgan fingerprint density at radius 1 is 1.22 bits per heavy atom. The monoisotopic (exact) mass is 252 g/mol. The molecule has 0 radical (unpaired) electrons. The quantitative estimate of drug-likeness (QED) is 0.830. The topological polar surface area (TPSA) is 24.5 Å². The third-order valence-corrected chi connectivity index (χ3v) is 4.99. The van der Waals surface area contributed by atoms with E-state index in [1.807, 2.05) is 0 Å². The van der Waals surface area contributed by atoms with E-state index < -0.39 is 0 Å². The minimum absolute atomic E-state index is 0.675. The molecule has 0 aromatic heterocycles. The SMILES string of the molecule is CC(C)C1CNC(C2CC2)CN1C1CCCOC1. The van der Waals surface area contributed by atoms with E-state index in [4.69, 9.17) is 4.74 Å². The highest BCUT2D eigenvalue weighted by atomic mass is 16.5. The first kappa shape index (κ1) is 12.9. The van der Waals surface area contributed by atoms with Gasteiger partial charge in [0.25, 0.3) is 0 Å². The van der Waals surface area contributed by atoms with Gasteiger partial charge in [-0.25, -0.2) is 0 Å². The van der Waals surface area contributed by atoms with Gasteiger partial charge in [-0.2, -0.15) is 0 Å². The van der Waals surface area contributed by atoms with Crippen molar-refractivity contribution in [2.45, 2.75) is 57.7 Å². The second-order valence-electron chi connectivity index (χ2n) is 6.73. The standard InChI is InChI=1S/C15H28N2O/c1-11(2)15-8-16-14(12-5-6-12)9-17(15)13-4-3-7-18-10-13/h11-16H,3-10H2,1-2H3. The van der Waals surface area contributed by atoms with Gasteiger partial charge < -0.3 is 10.1 Å². The molecule has 0 aromatic rings. The van der Waals surface area contributed by atoms with Crippen LogP contribution in [0.4, 0.5) is 0 Å². The van der Waals surface area contributed by atoms with E-state index in [2.05, 4.69) is 24.1 Å². The van der Waals surface area contributed by atoms with Crippen molar-refractivity contribution in [3.63, 3.8) is 0 Å². The summed E-state index contributed by atoms with van der Waals surface area (Å²) in [5.41, 5.74) is 0. The molecule has 3 rings (SSSR count). The number of hydrogen-bond acceptors (Lipinski definition) is 3. The molecule has 2 aliphatic heterocycles. The van der Waals surface area contributed by atoms with Crippen LogP contribution in [0.3, 0.4) is 0 Å². The van der Waals surface area contributed by atoms with Crippen LogP contribution in [0.1, 0.15) is 39.5 Å². The molecule has 2 saturated heterocycles. The third kappa shape index (κ3) is 2.73. The highest BCUT2D eigenvalue weighted by Gasteiger charge is 2.40. The third-order valence-electron chi connectivity index (χ3n) is 4.99. The van der Waals surface area contributed by atoms with Crippen molar-refractivity contribution in [3.8, 4) is 0 Å². The van der Waals surface area contributed by atoms with Crippen molar-refractivity contribution in [1.82, 2.24) is 10.2 Å². The van der Waals surface area contributed by atoms with Gasteiger partial charge >= 0.3 is 0 Å². The fourth-order valence-electron chi connectivity index (χ4n) is 3.65. The van der Waals surface area contributed by atoms with Crippen LogP contribution in [0.15, 0.2) is 0 Å². The minimum atomic E-state index is 0.675. The van der Waals surface area contributed by atoms with Crippen molar-refractivity contribution in [1.29, 1.82) is 0 Å². The Bertz CT molecular complexity index is 272. The van der Waals surface area contributed by atoms with Crippen LogP contribution in [0.5, 0.6) is 0 Å². The average molecular weight is 252 g/mol. The maximum atomic E-state index is 5.71. The van der Waals surface area contributed by atoms with Gasteiger partial charge in [-0.1, -0.05) is 13.8 Å². The largest absolute Gasteiger partial charge is 0.380 e. The van der Waals surface area contributed by atoms with Gasteiger partial charge in [-0.05, 0) is 37.5 Å². The number of rotatable bonds is 3. The average Bonchev–Trinajstić information content (AvgIpc) is 3.23. The number of ether oxygens (including phenoxy) is 1. The molecule has 3 heteroatoms. The zero-order valence-electron chi connectivity index (χ0n) is 11.9. The van der Waals surface area contributed by atoms with Crippen LogP contribution in [0.25, 0.3) is 0 Å². The van der Waals surface area contributed by atoms with Crippen molar-refractivity contribution >= 4 is 0 Å². The van der Waals surface area contributed by atoms with Gasteiger partial charge in [0.05, 0.1) is 6.61 Å². The molecule has 0 amide bonds. The normalized spacial score (nSPS) is 39.2. The zero-order valence-corrected chi connectivity index (χ0v) is 11.9. The Morgan fingerprint density at radius 2 is 2.06 bits per heavy atom. The Hall–Kier alpha value is -0.120. The van der Waals surface area contributed by atoms with E-state index in [0.29, 0.717) is 12.1 Å². The molecule has 3 fully saturated rings. The Balaban J connectivity index is 1.67. The second kappa shape index (κ2) is 5.48. The first-order chi connectivity index (χ1) is 8.75. The predicted octanol–water partition coefficient (Wildman–Crippen LogP) is 1.87. The summed E-state index contributed by atoms with van der Waals surface area (Å²) in [6.07, 6.45) is 5.46. The van der Waals surface area contributed by atoms with Crippen LogP contribution in [0.2, 0.25) is 0 Å². The van der Waals surface area contributed by atoms with Gasteiger partial charge in [0, 0.05) is 37.8 Å². The lowest BCUT2D eigenvalue weighted by Crippen LogP contribution is -2.62. The lowest BCUT2D eigenvalue weighted by molar-refractivity contribution is -0.0272. The zero-order chi connectivity index (χ0) is 12.5. The van der Waals surface area contributed by atoms with Crippen molar-refractivity contribution in [2.24, 2.45) is 11.8 Å². The number of nitrogens with zero attached hydrogens (tertiary/aromatic N) is 1. The number of nitrogens with one attached hydrogen (secondary N) is 1. The summed E-state index contributed by atoms with van der Waals surface area (Å²) in [4.78, 5) is 2.78. The summed E-state index contributed by atoms with van der Waals surface area (Å²) in [6, 6.07) is 2.13. The fourth-order valence-corrected chi connectivity index (χ4v) is 3.65. The van der Waals surface area contributed by atoms with Gasteiger partial charge in [-0.3, -0.25) is 4.90 Å². The molecule has 3 unspecified atom stereocenters. The Kier molecular flexibility index (Phi) is 3.92. The van der Waals surface area contributed by atoms with Gasteiger partial charge in [-0.15, -0.1) is 0 Å². The lowest BCUT2D eigenvalue weighted by atomic mass is 9.93. The van der Waals surface area contributed by atoms with E-state index >= 15 is 0 Å². The molecule has 3 aliphatic rings. The van der Waals surface area contributed by atoms with Gasteiger partial charge in [0.2, 0.25) is 0 Å². The van der Waals surface area contributed by atoms with E-state index in [-0.39, 0.29) is 0 Å². The number of piperazine rings is 1. The molecule has 3 atom stereocenters. The van der Waals surface area contributed by atoms with Crippen LogP contribution in [-0.4, -0.2) is 49.3 Å². The summed E-state index contributed by atoms with van der Waals surface area (Å²) in [7, 11) is 0. The highest BCUT2D eigenvalue weighted by molar-refractivity contribution is 4.97. The van der Waals surface area contributed by atoms with Crippen LogP contribution < -0.4 is 5.32 Å². The molecule has 1 aliphatic carbocycles. The van der Waals surface area contributed by atoms with Gasteiger partial charge in [0.1, 0.15) is 0 Å². The molecule has 1 saturated carbocycles. The summed E-state index contributed by atoms with van der Waals surface area (Å²) in [5.74, 6) is 1.70. The second-order valence-corrected chi connectivity index (χ2v) is 6.73. The molecule has 18 heavy (non-hydrogen) atoms. The van der Waals surface area contributed by atoms with E-state index in [0.717, 1.165) is 31.1 Å². The minimum Gasteiger partial charge on any atom is -0.380 e. The molecule has 0 aromatic carbocycles. The highest BCUT2D eigenvalue weighted by Crippen LogP contribution is 2.35. The maximum Gasteiger partial charge on any atom is 0.0621 e. The first-order valence-electron chi connectivity index (χ1n) is 7.82. The van der Waals surface area contributed by atoms with Crippen molar-refractivity contribution < 1.29 is 4.74 Å². The smallest absolute Gasteiger partial charge is 0.0621 e. The van der Waals surface area contributed by atoms with Gasteiger partial charge in [0.15, 0.2) is 0 Å². The fraction of sp³-hybridized carbons (Fsp3) is 1.00. The molecule has 2 heterocycles. The summed E-state index contributed by atoms with van der Waals surface area (Å²) >= 11 is 0. The van der Waals surface area contributed by atoms with Crippen LogP contribution in [-0.2, 0) is 4.74 Å². The molecule has 0 bridgehead atoms. The summed E-state index contributed by atoms with van der Waals surface area (Å²) in [5, 5.41) is 3.80. The summed E-state index contributed by atoms with van der Waals surface area (Å²) < 4.78 is 5.71. The number of hydrogen-bond donors (Lipinski definition) is 1. The van der Waals surface area contributed by atoms with E-state index in [1.165, 1.54) is 38.8 Å².